The maximum absolute atomic E-state index is 13.4. The minimum atomic E-state index is -1.33. The third-order valence-electron chi connectivity index (χ3n) is 2.58. The molecule has 0 radical (unpaired) electrons. The van der Waals surface area contributed by atoms with E-state index in [1.54, 1.807) is 0 Å². The van der Waals surface area contributed by atoms with Crippen molar-refractivity contribution in [3.63, 3.8) is 0 Å². The maximum atomic E-state index is 13.4. The summed E-state index contributed by atoms with van der Waals surface area (Å²) < 4.78 is 26.4. The van der Waals surface area contributed by atoms with Crippen LogP contribution < -0.4 is 5.32 Å². The SMILES string of the molecule is N#CCCC[C@H](NC(=O)c1cccc(F)c1F)C(=O)O. The number of carboxylic acids is 1. The van der Waals surface area contributed by atoms with Crippen LogP contribution in [0.3, 0.4) is 0 Å². The number of carbonyl (C=O) groups is 2. The fourth-order valence-electron chi connectivity index (χ4n) is 1.56. The average Bonchev–Trinajstić information content (AvgIpc) is 2.40. The van der Waals surface area contributed by atoms with Gasteiger partial charge < -0.3 is 10.4 Å². The lowest BCUT2D eigenvalue weighted by molar-refractivity contribution is -0.139. The Hall–Kier alpha value is -2.49. The minimum absolute atomic E-state index is 0.0333. The van der Waals surface area contributed by atoms with Gasteiger partial charge in [0, 0.05) is 6.42 Å². The first-order valence-corrected chi connectivity index (χ1v) is 5.82. The molecular weight excluding hydrogens is 270 g/mol. The van der Waals surface area contributed by atoms with E-state index in [2.05, 4.69) is 5.32 Å². The molecule has 0 aliphatic carbocycles. The Morgan fingerprint density at radius 2 is 2.10 bits per heavy atom. The van der Waals surface area contributed by atoms with Gasteiger partial charge in [-0.05, 0) is 25.0 Å². The van der Waals surface area contributed by atoms with Crippen LogP contribution in [-0.4, -0.2) is 23.0 Å². The third kappa shape index (κ3) is 4.02. The Bertz CT molecular complexity index is 555. The summed E-state index contributed by atoms with van der Waals surface area (Å²) in [5, 5.41) is 19.4. The van der Waals surface area contributed by atoms with Gasteiger partial charge >= 0.3 is 5.97 Å². The van der Waals surface area contributed by atoms with Gasteiger partial charge in [0.2, 0.25) is 0 Å². The average molecular weight is 282 g/mol. The van der Waals surface area contributed by atoms with Crippen LogP contribution in [0.1, 0.15) is 29.6 Å². The Morgan fingerprint density at radius 3 is 2.70 bits per heavy atom. The third-order valence-corrected chi connectivity index (χ3v) is 2.58. The predicted molar refractivity (Wildman–Crippen MR) is 64.7 cm³/mol. The molecule has 0 aliphatic rings. The quantitative estimate of drug-likeness (QED) is 0.779. The lowest BCUT2D eigenvalue weighted by atomic mass is 10.1. The fraction of sp³-hybridized carbons (Fsp3) is 0.308. The van der Waals surface area contributed by atoms with Crippen LogP contribution in [0.2, 0.25) is 0 Å². The van der Waals surface area contributed by atoms with Crippen molar-refractivity contribution in [3.8, 4) is 6.07 Å². The Labute approximate surface area is 113 Å². The van der Waals surface area contributed by atoms with Gasteiger partial charge in [-0.2, -0.15) is 5.26 Å². The number of carbonyl (C=O) groups excluding carboxylic acids is 1. The number of benzene rings is 1. The molecule has 0 heterocycles. The first kappa shape index (κ1) is 15.6. The number of halogens is 2. The summed E-state index contributed by atoms with van der Waals surface area (Å²) in [6, 6.07) is 3.66. The maximum Gasteiger partial charge on any atom is 0.326 e. The highest BCUT2D eigenvalue weighted by Crippen LogP contribution is 2.12. The monoisotopic (exact) mass is 282 g/mol. The highest BCUT2D eigenvalue weighted by molar-refractivity contribution is 5.96. The number of hydrogen-bond donors (Lipinski definition) is 2. The Morgan fingerprint density at radius 1 is 1.40 bits per heavy atom. The molecule has 0 bridgehead atoms. The zero-order valence-electron chi connectivity index (χ0n) is 10.4. The van der Waals surface area contributed by atoms with Crippen molar-refractivity contribution in [3.05, 3.63) is 35.4 Å². The van der Waals surface area contributed by atoms with E-state index in [1.165, 1.54) is 0 Å². The first-order chi connectivity index (χ1) is 9.47. The molecule has 1 amide bonds. The van der Waals surface area contributed by atoms with Crippen molar-refractivity contribution < 1.29 is 23.5 Å². The van der Waals surface area contributed by atoms with Crippen molar-refractivity contribution in [2.75, 3.05) is 0 Å². The number of unbranched alkanes of at least 4 members (excludes halogenated alkanes) is 1. The molecule has 0 aromatic heterocycles. The van der Waals surface area contributed by atoms with Crippen molar-refractivity contribution in [1.82, 2.24) is 5.32 Å². The number of hydrogen-bond acceptors (Lipinski definition) is 3. The Kier molecular flexibility index (Phi) is 5.59. The van der Waals surface area contributed by atoms with Gasteiger partial charge in [0.25, 0.3) is 5.91 Å². The van der Waals surface area contributed by atoms with Gasteiger partial charge in [-0.25, -0.2) is 13.6 Å². The molecule has 0 aliphatic heterocycles. The molecule has 1 aromatic carbocycles. The number of carboxylic acid groups (broad SMARTS) is 1. The molecule has 0 fully saturated rings. The van der Waals surface area contributed by atoms with Crippen LogP contribution in [-0.2, 0) is 4.79 Å². The summed E-state index contributed by atoms with van der Waals surface area (Å²) in [4.78, 5) is 22.7. The standard InChI is InChI=1S/C13H12F2N2O3/c14-9-5-3-4-8(11(9)15)12(18)17-10(13(19)20)6-1-2-7-16/h3-5,10H,1-2,6H2,(H,17,18)(H,19,20)/t10-/m0/s1. The normalized spacial score (nSPS) is 11.4. The summed E-state index contributed by atoms with van der Waals surface area (Å²) >= 11 is 0. The largest absolute Gasteiger partial charge is 0.480 e. The van der Waals surface area contributed by atoms with E-state index in [-0.39, 0.29) is 19.3 Å². The second kappa shape index (κ2) is 7.19. The number of rotatable bonds is 6. The van der Waals surface area contributed by atoms with Crippen LogP contribution in [0, 0.1) is 23.0 Å². The van der Waals surface area contributed by atoms with Gasteiger partial charge in [0.15, 0.2) is 11.6 Å². The highest BCUT2D eigenvalue weighted by Gasteiger charge is 2.22. The van der Waals surface area contributed by atoms with Gasteiger partial charge in [-0.3, -0.25) is 4.79 Å². The smallest absolute Gasteiger partial charge is 0.326 e. The number of amides is 1. The van der Waals surface area contributed by atoms with Crippen LogP contribution in [0.4, 0.5) is 8.78 Å². The zero-order valence-corrected chi connectivity index (χ0v) is 10.4. The van der Waals surface area contributed by atoms with E-state index in [9.17, 15) is 18.4 Å². The molecular formula is C13H12F2N2O3. The van der Waals surface area contributed by atoms with E-state index >= 15 is 0 Å². The molecule has 0 saturated heterocycles. The molecule has 1 atom stereocenters. The number of nitriles is 1. The van der Waals surface area contributed by atoms with Crippen molar-refractivity contribution >= 4 is 11.9 Å². The van der Waals surface area contributed by atoms with E-state index < -0.39 is 35.1 Å². The van der Waals surface area contributed by atoms with Crippen molar-refractivity contribution in [2.45, 2.75) is 25.3 Å². The molecule has 2 N–H and O–H groups in total. The first-order valence-electron chi connectivity index (χ1n) is 5.82. The van der Waals surface area contributed by atoms with Gasteiger partial charge in [-0.15, -0.1) is 0 Å². The number of aliphatic carboxylic acids is 1. The second-order valence-electron chi connectivity index (χ2n) is 4.02. The number of nitrogens with zero attached hydrogens (tertiary/aromatic N) is 1. The van der Waals surface area contributed by atoms with Crippen LogP contribution in [0.15, 0.2) is 18.2 Å². The van der Waals surface area contributed by atoms with E-state index in [4.69, 9.17) is 10.4 Å². The number of nitrogens with one attached hydrogen (secondary N) is 1. The van der Waals surface area contributed by atoms with Crippen LogP contribution in [0.25, 0.3) is 0 Å². The Balaban J connectivity index is 2.78. The molecule has 1 aromatic rings. The fourth-order valence-corrected chi connectivity index (χ4v) is 1.56. The molecule has 5 nitrogen and oxygen atoms in total. The van der Waals surface area contributed by atoms with E-state index in [0.717, 1.165) is 18.2 Å². The lowest BCUT2D eigenvalue weighted by Crippen LogP contribution is -2.41. The molecule has 0 spiro atoms. The molecule has 0 unspecified atom stereocenters. The summed E-state index contributed by atoms with van der Waals surface area (Å²) in [6.07, 6.45) is 0.457. The summed E-state index contributed by atoms with van der Waals surface area (Å²) in [7, 11) is 0. The van der Waals surface area contributed by atoms with E-state index in [0.29, 0.717) is 0 Å². The van der Waals surface area contributed by atoms with Gasteiger partial charge in [0.1, 0.15) is 6.04 Å². The highest BCUT2D eigenvalue weighted by atomic mass is 19.2. The van der Waals surface area contributed by atoms with Gasteiger partial charge in [0.05, 0.1) is 11.6 Å². The predicted octanol–water partition coefficient (Wildman–Crippen LogP) is 1.84. The zero-order chi connectivity index (χ0) is 15.1. The topological polar surface area (TPSA) is 90.2 Å². The lowest BCUT2D eigenvalue weighted by Gasteiger charge is -2.14. The molecule has 20 heavy (non-hydrogen) atoms. The molecule has 1 rings (SSSR count). The summed E-state index contributed by atoms with van der Waals surface area (Å²) in [6.45, 7) is 0. The van der Waals surface area contributed by atoms with Crippen LogP contribution >= 0.6 is 0 Å². The summed E-state index contributed by atoms with van der Waals surface area (Å²) in [5.74, 6) is -4.82. The molecule has 7 heteroatoms. The van der Waals surface area contributed by atoms with Crippen molar-refractivity contribution in [1.29, 1.82) is 5.26 Å². The molecule has 106 valence electrons. The van der Waals surface area contributed by atoms with Gasteiger partial charge in [-0.1, -0.05) is 6.07 Å². The molecule has 0 saturated carbocycles. The van der Waals surface area contributed by atoms with Crippen molar-refractivity contribution in [2.24, 2.45) is 0 Å². The second-order valence-corrected chi connectivity index (χ2v) is 4.02. The summed E-state index contributed by atoms with van der Waals surface area (Å²) in [5.41, 5.74) is -0.559. The minimum Gasteiger partial charge on any atom is -0.480 e. The van der Waals surface area contributed by atoms with Crippen LogP contribution in [0.5, 0.6) is 0 Å². The van der Waals surface area contributed by atoms with E-state index in [1.807, 2.05) is 6.07 Å².